The van der Waals surface area contributed by atoms with Gasteiger partial charge in [0.1, 0.15) is 5.75 Å². The molecule has 1 saturated heterocycles. The van der Waals surface area contributed by atoms with Crippen LogP contribution in [0.15, 0.2) is 24.3 Å². The smallest absolute Gasteiger partial charge is 0.118 e. The van der Waals surface area contributed by atoms with Crippen molar-refractivity contribution in [1.82, 2.24) is 10.2 Å². The zero-order valence-corrected chi connectivity index (χ0v) is 14.0. The number of nitrogens with zero attached hydrogens (tertiary/aromatic N) is 1. The van der Waals surface area contributed by atoms with Crippen LogP contribution in [0.2, 0.25) is 0 Å². The van der Waals surface area contributed by atoms with Gasteiger partial charge in [-0.25, -0.2) is 0 Å². The topological polar surface area (TPSA) is 24.5 Å². The largest absolute Gasteiger partial charge is 0.497 e. The minimum absolute atomic E-state index is 0.233. The molecule has 1 heterocycles. The van der Waals surface area contributed by atoms with Crippen molar-refractivity contribution < 1.29 is 4.74 Å². The standard InChI is InChI=1S/C18H30N2O/c1-18(2,3)19-13-16-10-12-20(14-16)11-9-15-5-7-17(21-4)8-6-15/h5-8,16,19H,9-14H2,1-4H3. The molecule has 0 saturated carbocycles. The second-order valence-corrected chi connectivity index (χ2v) is 7.18. The van der Waals surface area contributed by atoms with Crippen molar-refractivity contribution in [3.05, 3.63) is 29.8 Å². The Morgan fingerprint density at radius 1 is 1.24 bits per heavy atom. The van der Waals surface area contributed by atoms with Gasteiger partial charge in [0, 0.05) is 18.6 Å². The number of hydrogen-bond donors (Lipinski definition) is 1. The number of likely N-dealkylation sites (tertiary alicyclic amines) is 1. The molecule has 0 aliphatic carbocycles. The van der Waals surface area contributed by atoms with E-state index < -0.39 is 0 Å². The summed E-state index contributed by atoms with van der Waals surface area (Å²) in [4.78, 5) is 2.60. The molecule has 0 aromatic heterocycles. The van der Waals surface area contributed by atoms with Gasteiger partial charge in [0.15, 0.2) is 0 Å². The molecule has 1 N–H and O–H groups in total. The van der Waals surface area contributed by atoms with E-state index in [9.17, 15) is 0 Å². The Kier molecular flexibility index (Phi) is 5.65. The third-order valence-electron chi connectivity index (χ3n) is 4.17. The fourth-order valence-electron chi connectivity index (χ4n) is 2.81. The van der Waals surface area contributed by atoms with E-state index in [1.807, 2.05) is 0 Å². The van der Waals surface area contributed by atoms with Crippen LogP contribution >= 0.6 is 0 Å². The number of ether oxygens (including phenoxy) is 1. The van der Waals surface area contributed by atoms with Gasteiger partial charge in [0.25, 0.3) is 0 Å². The SMILES string of the molecule is COc1ccc(CCN2CCC(CNC(C)(C)C)C2)cc1. The molecule has 21 heavy (non-hydrogen) atoms. The Balaban J connectivity index is 1.70. The molecule has 3 heteroatoms. The van der Waals surface area contributed by atoms with E-state index in [1.165, 1.54) is 31.6 Å². The Hall–Kier alpha value is -1.06. The molecule has 0 radical (unpaired) electrons. The monoisotopic (exact) mass is 290 g/mol. The molecule has 118 valence electrons. The minimum Gasteiger partial charge on any atom is -0.497 e. The first-order valence-corrected chi connectivity index (χ1v) is 8.06. The van der Waals surface area contributed by atoms with E-state index in [4.69, 9.17) is 4.74 Å². The lowest BCUT2D eigenvalue weighted by atomic mass is 10.1. The maximum Gasteiger partial charge on any atom is 0.118 e. The maximum absolute atomic E-state index is 5.20. The Morgan fingerprint density at radius 3 is 2.57 bits per heavy atom. The lowest BCUT2D eigenvalue weighted by Gasteiger charge is -2.23. The summed E-state index contributed by atoms with van der Waals surface area (Å²) in [7, 11) is 1.71. The van der Waals surface area contributed by atoms with Crippen LogP contribution in [-0.4, -0.2) is 43.7 Å². The molecule has 2 rings (SSSR count). The van der Waals surface area contributed by atoms with Gasteiger partial charge in [-0.2, -0.15) is 0 Å². The van der Waals surface area contributed by atoms with Gasteiger partial charge in [-0.3, -0.25) is 0 Å². The number of nitrogens with one attached hydrogen (secondary N) is 1. The van der Waals surface area contributed by atoms with Gasteiger partial charge in [0.2, 0.25) is 0 Å². The molecule has 1 aromatic carbocycles. The lowest BCUT2D eigenvalue weighted by molar-refractivity contribution is 0.314. The van der Waals surface area contributed by atoms with Gasteiger partial charge in [-0.1, -0.05) is 12.1 Å². The number of methoxy groups -OCH3 is 1. The Bertz CT molecular complexity index is 422. The van der Waals surface area contributed by atoms with Crippen LogP contribution in [0.5, 0.6) is 5.75 Å². The molecule has 1 aliphatic rings. The average molecular weight is 290 g/mol. The van der Waals surface area contributed by atoms with Crippen LogP contribution < -0.4 is 10.1 Å². The molecule has 0 spiro atoms. The van der Waals surface area contributed by atoms with Gasteiger partial charge in [-0.05, 0) is 70.3 Å². The highest BCUT2D eigenvalue weighted by Crippen LogP contribution is 2.18. The van der Waals surface area contributed by atoms with Crippen molar-refractivity contribution >= 4 is 0 Å². The fourth-order valence-corrected chi connectivity index (χ4v) is 2.81. The first kappa shape index (κ1) is 16.3. The number of hydrogen-bond acceptors (Lipinski definition) is 3. The van der Waals surface area contributed by atoms with Crippen LogP contribution in [0.1, 0.15) is 32.8 Å². The van der Waals surface area contributed by atoms with E-state index in [-0.39, 0.29) is 5.54 Å². The van der Waals surface area contributed by atoms with Crippen molar-refractivity contribution in [2.75, 3.05) is 33.3 Å². The molecule has 1 aromatic rings. The van der Waals surface area contributed by atoms with Crippen LogP contribution in [0.25, 0.3) is 0 Å². The van der Waals surface area contributed by atoms with Crippen LogP contribution in [-0.2, 0) is 6.42 Å². The molecular weight excluding hydrogens is 260 g/mol. The van der Waals surface area contributed by atoms with Crippen LogP contribution in [0.3, 0.4) is 0 Å². The van der Waals surface area contributed by atoms with Crippen molar-refractivity contribution in [3.8, 4) is 5.75 Å². The summed E-state index contributed by atoms with van der Waals surface area (Å²) in [5, 5.41) is 3.63. The zero-order valence-electron chi connectivity index (χ0n) is 14.0. The van der Waals surface area contributed by atoms with E-state index in [0.29, 0.717) is 0 Å². The number of benzene rings is 1. The van der Waals surface area contributed by atoms with E-state index in [0.717, 1.165) is 24.6 Å². The summed E-state index contributed by atoms with van der Waals surface area (Å²) < 4.78 is 5.20. The van der Waals surface area contributed by atoms with Crippen molar-refractivity contribution in [2.45, 2.75) is 39.2 Å². The minimum atomic E-state index is 0.233. The predicted molar refractivity (Wildman–Crippen MR) is 89.0 cm³/mol. The van der Waals surface area contributed by atoms with Crippen molar-refractivity contribution in [3.63, 3.8) is 0 Å². The summed E-state index contributed by atoms with van der Waals surface area (Å²) in [6.45, 7) is 11.5. The molecule has 0 amide bonds. The second-order valence-electron chi connectivity index (χ2n) is 7.18. The third-order valence-corrected chi connectivity index (χ3v) is 4.17. The predicted octanol–water partition coefficient (Wildman–Crippen LogP) is 2.95. The molecule has 1 aliphatic heterocycles. The van der Waals surface area contributed by atoms with Crippen molar-refractivity contribution in [2.24, 2.45) is 5.92 Å². The third kappa shape index (κ3) is 5.68. The molecule has 0 bridgehead atoms. The lowest BCUT2D eigenvalue weighted by Crippen LogP contribution is -2.39. The summed E-state index contributed by atoms with van der Waals surface area (Å²) in [5.74, 6) is 1.74. The highest BCUT2D eigenvalue weighted by atomic mass is 16.5. The molecule has 1 fully saturated rings. The molecular formula is C18H30N2O. The van der Waals surface area contributed by atoms with Crippen molar-refractivity contribution in [1.29, 1.82) is 0 Å². The van der Waals surface area contributed by atoms with Crippen LogP contribution in [0, 0.1) is 5.92 Å². The highest BCUT2D eigenvalue weighted by Gasteiger charge is 2.23. The first-order chi connectivity index (χ1) is 9.96. The summed E-state index contributed by atoms with van der Waals surface area (Å²) in [6, 6.07) is 8.45. The van der Waals surface area contributed by atoms with Gasteiger partial charge >= 0.3 is 0 Å². The second kappa shape index (κ2) is 7.28. The number of rotatable bonds is 6. The Labute approximate surface area is 129 Å². The molecule has 3 nitrogen and oxygen atoms in total. The maximum atomic E-state index is 5.20. The zero-order chi connectivity index (χ0) is 15.3. The normalized spacial score (nSPS) is 19.9. The van der Waals surface area contributed by atoms with E-state index in [1.54, 1.807) is 7.11 Å². The van der Waals surface area contributed by atoms with Gasteiger partial charge in [0.05, 0.1) is 7.11 Å². The quantitative estimate of drug-likeness (QED) is 0.872. The van der Waals surface area contributed by atoms with Crippen LogP contribution in [0.4, 0.5) is 0 Å². The fraction of sp³-hybridized carbons (Fsp3) is 0.667. The summed E-state index contributed by atoms with van der Waals surface area (Å²) in [5.41, 5.74) is 1.63. The van der Waals surface area contributed by atoms with Gasteiger partial charge in [-0.15, -0.1) is 0 Å². The summed E-state index contributed by atoms with van der Waals surface area (Å²) >= 11 is 0. The van der Waals surface area contributed by atoms with Gasteiger partial charge < -0.3 is 15.0 Å². The summed E-state index contributed by atoms with van der Waals surface area (Å²) in [6.07, 6.45) is 2.45. The average Bonchev–Trinajstić information content (AvgIpc) is 2.91. The van der Waals surface area contributed by atoms with E-state index >= 15 is 0 Å². The molecule has 1 atom stereocenters. The Morgan fingerprint density at radius 2 is 1.95 bits per heavy atom. The highest BCUT2D eigenvalue weighted by molar-refractivity contribution is 5.27. The first-order valence-electron chi connectivity index (χ1n) is 8.06. The molecule has 1 unspecified atom stereocenters. The van der Waals surface area contributed by atoms with E-state index in [2.05, 4.69) is 55.3 Å².